The summed E-state index contributed by atoms with van der Waals surface area (Å²) in [5, 5.41) is 0. The predicted octanol–water partition coefficient (Wildman–Crippen LogP) is 4.92. The Morgan fingerprint density at radius 2 is 0.786 bits per heavy atom. The SMILES string of the molecule is CC(C)(C)C(C(C)(C)C)C(CS(=O)(=O)O)(C(C(C)(C)C)C(C)(C)C)S(=O)(=O)O. The van der Waals surface area contributed by atoms with Crippen LogP contribution in [0.15, 0.2) is 0 Å². The lowest BCUT2D eigenvalue weighted by Crippen LogP contribution is -2.67. The van der Waals surface area contributed by atoms with Gasteiger partial charge < -0.3 is 0 Å². The van der Waals surface area contributed by atoms with Gasteiger partial charge in [0.25, 0.3) is 20.2 Å². The zero-order valence-electron chi connectivity index (χ0n) is 19.7. The summed E-state index contributed by atoms with van der Waals surface area (Å²) in [6.45, 7) is 22.1. The van der Waals surface area contributed by atoms with E-state index in [-0.39, 0.29) is 0 Å². The average molecular weight is 443 g/mol. The molecule has 0 heterocycles. The Hall–Kier alpha value is -0.180. The standard InChI is InChI=1S/C20H42O6S2/c1-16(2,3)14(17(4,5)6)20(28(24,25)26,13-27(21,22)23)15(18(7,8)9)19(10,11)12/h14-15H,13H2,1-12H3,(H,21,22,23)(H,24,25,26). The summed E-state index contributed by atoms with van der Waals surface area (Å²) < 4.78 is 69.2. The van der Waals surface area contributed by atoms with Crippen molar-refractivity contribution in [3.8, 4) is 0 Å². The van der Waals surface area contributed by atoms with Crippen molar-refractivity contribution in [2.24, 2.45) is 33.5 Å². The summed E-state index contributed by atoms with van der Waals surface area (Å²) in [7, 11) is -9.67. The fourth-order valence-corrected chi connectivity index (χ4v) is 10.5. The van der Waals surface area contributed by atoms with Gasteiger partial charge in [0.15, 0.2) is 0 Å². The van der Waals surface area contributed by atoms with Gasteiger partial charge in [-0.25, -0.2) is 0 Å². The summed E-state index contributed by atoms with van der Waals surface area (Å²) >= 11 is 0. The summed E-state index contributed by atoms with van der Waals surface area (Å²) in [5.74, 6) is -2.63. The fraction of sp³-hybridized carbons (Fsp3) is 1.00. The van der Waals surface area contributed by atoms with Gasteiger partial charge in [0.05, 0.1) is 5.75 Å². The molecule has 8 heteroatoms. The van der Waals surface area contributed by atoms with Gasteiger partial charge >= 0.3 is 0 Å². The fourth-order valence-electron chi connectivity index (χ4n) is 6.52. The van der Waals surface area contributed by atoms with Crippen LogP contribution in [0.3, 0.4) is 0 Å². The van der Waals surface area contributed by atoms with Crippen LogP contribution >= 0.6 is 0 Å². The molecule has 0 saturated carbocycles. The van der Waals surface area contributed by atoms with E-state index in [9.17, 15) is 25.9 Å². The van der Waals surface area contributed by atoms with Crippen LogP contribution in [0.25, 0.3) is 0 Å². The Morgan fingerprint density at radius 1 is 0.571 bits per heavy atom. The van der Waals surface area contributed by atoms with Crippen LogP contribution in [0.2, 0.25) is 0 Å². The highest BCUT2D eigenvalue weighted by molar-refractivity contribution is 7.90. The molecule has 0 amide bonds. The summed E-state index contributed by atoms with van der Waals surface area (Å²) in [5.41, 5.74) is -2.75. The van der Waals surface area contributed by atoms with Crippen molar-refractivity contribution in [2.75, 3.05) is 5.75 Å². The molecule has 0 aromatic carbocycles. The van der Waals surface area contributed by atoms with Crippen molar-refractivity contribution in [3.05, 3.63) is 0 Å². The van der Waals surface area contributed by atoms with Crippen LogP contribution in [0.4, 0.5) is 0 Å². The average Bonchev–Trinajstić information content (AvgIpc) is 2.14. The zero-order chi connectivity index (χ0) is 23.4. The van der Waals surface area contributed by atoms with Crippen LogP contribution in [-0.2, 0) is 20.2 Å². The summed E-state index contributed by atoms with van der Waals surface area (Å²) in [6, 6.07) is 0. The van der Waals surface area contributed by atoms with Gasteiger partial charge in [0, 0.05) is 0 Å². The quantitative estimate of drug-likeness (QED) is 0.585. The minimum Gasteiger partial charge on any atom is -0.285 e. The second-order valence-electron chi connectivity index (χ2n) is 12.5. The van der Waals surface area contributed by atoms with E-state index in [1.165, 1.54) is 0 Å². The Balaban J connectivity index is 7.87. The van der Waals surface area contributed by atoms with Gasteiger partial charge in [-0.05, 0) is 33.5 Å². The second kappa shape index (κ2) is 7.50. The molecule has 6 nitrogen and oxygen atoms in total. The molecule has 0 rings (SSSR count). The summed E-state index contributed by atoms with van der Waals surface area (Å²) in [6.07, 6.45) is 0. The highest BCUT2D eigenvalue weighted by Crippen LogP contribution is 2.60. The molecule has 0 aliphatic rings. The van der Waals surface area contributed by atoms with Crippen molar-refractivity contribution < 1.29 is 25.9 Å². The molecule has 0 fully saturated rings. The minimum absolute atomic E-state index is 0.687. The van der Waals surface area contributed by atoms with Gasteiger partial charge in [-0.3, -0.25) is 9.11 Å². The molecule has 0 aliphatic heterocycles. The van der Waals surface area contributed by atoms with E-state index < -0.39 is 64.2 Å². The van der Waals surface area contributed by atoms with Crippen molar-refractivity contribution >= 4 is 20.2 Å². The van der Waals surface area contributed by atoms with Crippen molar-refractivity contribution in [1.29, 1.82) is 0 Å². The summed E-state index contributed by atoms with van der Waals surface area (Å²) in [4.78, 5) is 0. The third-order valence-electron chi connectivity index (χ3n) is 5.33. The largest absolute Gasteiger partial charge is 0.285 e. The monoisotopic (exact) mass is 442 g/mol. The van der Waals surface area contributed by atoms with Crippen LogP contribution in [0.1, 0.15) is 83.1 Å². The van der Waals surface area contributed by atoms with Crippen LogP contribution in [0, 0.1) is 33.5 Å². The molecular formula is C20H42O6S2. The van der Waals surface area contributed by atoms with Crippen molar-refractivity contribution in [3.63, 3.8) is 0 Å². The Bertz CT molecular complexity index is 691. The molecule has 0 unspecified atom stereocenters. The first-order chi connectivity index (χ1) is 11.7. The maximum Gasteiger partial charge on any atom is 0.272 e. The van der Waals surface area contributed by atoms with E-state index in [1.54, 1.807) is 0 Å². The second-order valence-corrected chi connectivity index (χ2v) is 15.6. The molecule has 0 aliphatic carbocycles. The number of hydrogen-bond donors (Lipinski definition) is 2. The van der Waals surface area contributed by atoms with Crippen LogP contribution in [0.5, 0.6) is 0 Å². The third-order valence-corrected chi connectivity index (χ3v) is 7.93. The van der Waals surface area contributed by atoms with E-state index in [2.05, 4.69) is 0 Å². The van der Waals surface area contributed by atoms with Crippen molar-refractivity contribution in [2.45, 2.75) is 87.8 Å². The molecule has 0 atom stereocenters. The highest BCUT2D eigenvalue weighted by atomic mass is 32.2. The lowest BCUT2D eigenvalue weighted by Gasteiger charge is -2.59. The van der Waals surface area contributed by atoms with Crippen molar-refractivity contribution in [1.82, 2.24) is 0 Å². The zero-order valence-corrected chi connectivity index (χ0v) is 21.3. The van der Waals surface area contributed by atoms with E-state index in [1.807, 2.05) is 83.1 Å². The molecule has 0 spiro atoms. The van der Waals surface area contributed by atoms with Crippen LogP contribution in [-0.4, -0.2) is 36.4 Å². The molecule has 170 valence electrons. The minimum atomic E-state index is -4.93. The van der Waals surface area contributed by atoms with Gasteiger partial charge in [-0.2, -0.15) is 16.8 Å². The topological polar surface area (TPSA) is 109 Å². The molecular weight excluding hydrogens is 400 g/mol. The van der Waals surface area contributed by atoms with E-state index in [0.29, 0.717) is 0 Å². The lowest BCUT2D eigenvalue weighted by atomic mass is 9.51. The predicted molar refractivity (Wildman–Crippen MR) is 115 cm³/mol. The molecule has 0 saturated heterocycles. The maximum absolute atomic E-state index is 13.2. The van der Waals surface area contributed by atoms with E-state index in [4.69, 9.17) is 0 Å². The highest BCUT2D eigenvalue weighted by Gasteiger charge is 2.67. The smallest absolute Gasteiger partial charge is 0.272 e. The molecule has 28 heavy (non-hydrogen) atoms. The molecule has 0 aromatic rings. The molecule has 2 N–H and O–H groups in total. The van der Waals surface area contributed by atoms with Gasteiger partial charge in [-0.15, -0.1) is 0 Å². The molecule has 0 radical (unpaired) electrons. The third kappa shape index (κ3) is 6.16. The normalized spacial score (nSPS) is 16.1. The van der Waals surface area contributed by atoms with E-state index >= 15 is 0 Å². The van der Waals surface area contributed by atoms with Crippen LogP contribution < -0.4 is 0 Å². The van der Waals surface area contributed by atoms with Gasteiger partial charge in [-0.1, -0.05) is 83.1 Å². The van der Waals surface area contributed by atoms with E-state index in [0.717, 1.165) is 0 Å². The Labute approximate surface area is 173 Å². The Kier molecular flexibility index (Phi) is 7.45. The molecule has 0 aromatic heterocycles. The van der Waals surface area contributed by atoms with Gasteiger partial charge in [0.2, 0.25) is 0 Å². The molecule has 0 bridgehead atoms. The Morgan fingerprint density at radius 3 is 0.893 bits per heavy atom. The van der Waals surface area contributed by atoms with Gasteiger partial charge in [0.1, 0.15) is 4.75 Å². The maximum atomic E-state index is 13.2. The lowest BCUT2D eigenvalue weighted by molar-refractivity contribution is -0.0344. The first kappa shape index (κ1) is 27.8. The number of rotatable bonds is 5. The number of hydrogen-bond acceptors (Lipinski definition) is 4. The first-order valence-corrected chi connectivity index (χ1v) is 12.7. The first-order valence-electron chi connectivity index (χ1n) is 9.61.